The van der Waals surface area contributed by atoms with Gasteiger partial charge in [0, 0.05) is 6.42 Å². The summed E-state index contributed by atoms with van der Waals surface area (Å²) in [6, 6.07) is 29.2. The molecule has 0 fully saturated rings. The van der Waals surface area contributed by atoms with Crippen molar-refractivity contribution in [2.24, 2.45) is 0 Å². The van der Waals surface area contributed by atoms with Crippen molar-refractivity contribution in [3.05, 3.63) is 131 Å². The summed E-state index contributed by atoms with van der Waals surface area (Å²) in [5.74, 6) is 0. The fourth-order valence-electron chi connectivity index (χ4n) is 6.23. The minimum absolute atomic E-state index is 0.0539. The molecule has 0 saturated heterocycles. The smallest absolute Gasteiger partial charge is 0.0218 e. The zero-order chi connectivity index (χ0) is 26.7. The zero-order valence-electron chi connectivity index (χ0n) is 23.5. The first-order valence-electron chi connectivity index (χ1n) is 13.9. The van der Waals surface area contributed by atoms with Crippen LogP contribution in [0.25, 0.3) is 39.0 Å². The van der Waals surface area contributed by atoms with Crippen LogP contribution in [0.2, 0.25) is 0 Å². The van der Waals surface area contributed by atoms with Crippen LogP contribution < -0.4 is 0 Å². The number of hydrogen-bond donors (Lipinski definition) is 0. The summed E-state index contributed by atoms with van der Waals surface area (Å²) in [6.07, 6.45) is 10.3. The van der Waals surface area contributed by atoms with Gasteiger partial charge in [0.2, 0.25) is 0 Å². The largest absolute Gasteiger partial charge is 0.0801 e. The maximum Gasteiger partial charge on any atom is 0.0218 e. The standard InChI is InChI=1S/C38H37/c1-37(2,3)29-21-22-30-28(23-29)24-31-32(25-19-13-14-20-25)36(38(4,5)6)34(27-17-11-8-12-18-27)33(35(30)31)26-15-9-7-10-16-26/h7-19,21-24H,20H2,1-6H3. The highest BCUT2D eigenvalue weighted by molar-refractivity contribution is 6.05. The predicted molar refractivity (Wildman–Crippen MR) is 164 cm³/mol. The van der Waals surface area contributed by atoms with Crippen LogP contribution in [-0.4, -0.2) is 0 Å². The van der Waals surface area contributed by atoms with Gasteiger partial charge in [-0.25, -0.2) is 0 Å². The van der Waals surface area contributed by atoms with E-state index in [9.17, 15) is 0 Å². The third-order valence-electron chi connectivity index (χ3n) is 7.99. The highest BCUT2D eigenvalue weighted by Crippen LogP contribution is 2.56. The van der Waals surface area contributed by atoms with Crippen molar-refractivity contribution in [1.82, 2.24) is 0 Å². The highest BCUT2D eigenvalue weighted by atomic mass is 14.4. The van der Waals surface area contributed by atoms with E-state index in [1.807, 2.05) is 0 Å². The van der Waals surface area contributed by atoms with Gasteiger partial charge in [0.25, 0.3) is 0 Å². The van der Waals surface area contributed by atoms with Gasteiger partial charge in [0.05, 0.1) is 0 Å². The maximum atomic E-state index is 2.48. The lowest BCUT2D eigenvalue weighted by atomic mass is 9.71. The van der Waals surface area contributed by atoms with E-state index >= 15 is 0 Å². The molecule has 0 saturated carbocycles. The average Bonchev–Trinajstić information content (AvgIpc) is 3.55. The first-order valence-corrected chi connectivity index (χ1v) is 13.9. The zero-order valence-corrected chi connectivity index (χ0v) is 23.5. The van der Waals surface area contributed by atoms with E-state index in [0.29, 0.717) is 0 Å². The lowest BCUT2D eigenvalue weighted by Crippen LogP contribution is -2.18. The second kappa shape index (κ2) is 8.98. The minimum Gasteiger partial charge on any atom is -0.0801 e. The minimum atomic E-state index is -0.0539. The highest BCUT2D eigenvalue weighted by Gasteiger charge is 2.36. The monoisotopic (exact) mass is 493 g/mol. The Hall–Kier alpha value is -3.64. The summed E-state index contributed by atoms with van der Waals surface area (Å²) in [7, 11) is 0. The molecule has 1 radical (unpaired) electrons. The van der Waals surface area contributed by atoms with Crippen LogP contribution in [0.5, 0.6) is 0 Å². The molecule has 0 amide bonds. The third kappa shape index (κ3) is 4.08. The van der Waals surface area contributed by atoms with Gasteiger partial charge in [-0.05, 0) is 84.0 Å². The molecule has 6 rings (SSSR count). The topological polar surface area (TPSA) is 0 Å². The number of fused-ring (bicyclic) bond motifs is 3. The summed E-state index contributed by atoms with van der Waals surface area (Å²) in [5.41, 5.74) is 16.4. The van der Waals surface area contributed by atoms with Crippen LogP contribution in [0.1, 0.15) is 75.8 Å². The van der Waals surface area contributed by atoms with E-state index < -0.39 is 0 Å². The summed E-state index contributed by atoms with van der Waals surface area (Å²) in [4.78, 5) is 0. The molecule has 38 heavy (non-hydrogen) atoms. The third-order valence-corrected chi connectivity index (χ3v) is 7.99. The van der Waals surface area contributed by atoms with Crippen molar-refractivity contribution in [3.8, 4) is 33.4 Å². The van der Waals surface area contributed by atoms with Gasteiger partial charge in [-0.2, -0.15) is 0 Å². The molecule has 0 bridgehead atoms. The van der Waals surface area contributed by atoms with Crippen molar-refractivity contribution < 1.29 is 0 Å². The molecule has 2 aliphatic carbocycles. The summed E-state index contributed by atoms with van der Waals surface area (Å²) < 4.78 is 0. The number of hydrogen-bond acceptors (Lipinski definition) is 0. The van der Waals surface area contributed by atoms with Crippen LogP contribution >= 0.6 is 0 Å². The lowest BCUT2D eigenvalue weighted by molar-refractivity contribution is 0.590. The van der Waals surface area contributed by atoms with Crippen molar-refractivity contribution in [3.63, 3.8) is 0 Å². The maximum absolute atomic E-state index is 2.48. The van der Waals surface area contributed by atoms with E-state index in [1.165, 1.54) is 66.8 Å². The fourth-order valence-corrected chi connectivity index (χ4v) is 6.23. The van der Waals surface area contributed by atoms with Crippen molar-refractivity contribution in [1.29, 1.82) is 0 Å². The Morgan fingerprint density at radius 1 is 0.605 bits per heavy atom. The van der Waals surface area contributed by atoms with Crippen molar-refractivity contribution in [2.45, 2.75) is 58.8 Å². The molecule has 0 nitrogen and oxygen atoms in total. The lowest BCUT2D eigenvalue weighted by Gasteiger charge is -2.32. The van der Waals surface area contributed by atoms with Crippen molar-refractivity contribution in [2.75, 3.05) is 0 Å². The predicted octanol–water partition coefficient (Wildman–Crippen LogP) is 10.5. The summed E-state index contributed by atoms with van der Waals surface area (Å²) in [5, 5.41) is 0. The van der Waals surface area contributed by atoms with E-state index in [-0.39, 0.29) is 10.8 Å². The SMILES string of the molecule is CC(C)(C)c1ccc2c(c1)[CH]c1c(C3=CC=CC3)c(C(C)(C)C)c(-c3ccccc3)c(-c3ccccc3)c1-2. The van der Waals surface area contributed by atoms with Crippen LogP contribution in [0.15, 0.2) is 97.1 Å². The molecule has 4 aromatic carbocycles. The van der Waals surface area contributed by atoms with Crippen LogP contribution in [0.3, 0.4) is 0 Å². The molecule has 0 aliphatic heterocycles. The second-order valence-electron chi connectivity index (χ2n) is 12.8. The quantitative estimate of drug-likeness (QED) is 0.234. The van der Waals surface area contributed by atoms with Gasteiger partial charge in [-0.3, -0.25) is 0 Å². The van der Waals surface area contributed by atoms with E-state index in [2.05, 4.69) is 145 Å². The van der Waals surface area contributed by atoms with Gasteiger partial charge >= 0.3 is 0 Å². The summed E-state index contributed by atoms with van der Waals surface area (Å²) in [6.45, 7) is 14.0. The van der Waals surface area contributed by atoms with E-state index in [1.54, 1.807) is 0 Å². The molecule has 0 N–H and O–H groups in total. The van der Waals surface area contributed by atoms with Gasteiger partial charge in [-0.1, -0.05) is 139 Å². The normalized spacial score (nSPS) is 14.4. The van der Waals surface area contributed by atoms with Crippen LogP contribution in [-0.2, 0) is 10.8 Å². The van der Waals surface area contributed by atoms with E-state index in [0.717, 1.165) is 6.42 Å². The first kappa shape index (κ1) is 24.7. The Labute approximate surface area is 228 Å². The number of allylic oxidation sites excluding steroid dienone is 4. The Morgan fingerprint density at radius 2 is 1.24 bits per heavy atom. The Morgan fingerprint density at radius 3 is 1.79 bits per heavy atom. The molecular weight excluding hydrogens is 456 g/mol. The number of benzene rings is 4. The van der Waals surface area contributed by atoms with Gasteiger partial charge < -0.3 is 0 Å². The molecule has 0 heteroatoms. The molecule has 189 valence electrons. The fraction of sp³-hybridized carbons (Fsp3) is 0.237. The van der Waals surface area contributed by atoms with E-state index in [4.69, 9.17) is 0 Å². The molecule has 0 atom stereocenters. The van der Waals surface area contributed by atoms with Crippen molar-refractivity contribution >= 4 is 5.57 Å². The Balaban J connectivity index is 1.81. The van der Waals surface area contributed by atoms with Gasteiger partial charge in [0.1, 0.15) is 0 Å². The van der Waals surface area contributed by atoms with Gasteiger partial charge in [-0.15, -0.1) is 0 Å². The molecule has 0 unspecified atom stereocenters. The molecule has 0 aromatic heterocycles. The molecule has 4 aromatic rings. The molecule has 0 heterocycles. The second-order valence-corrected chi connectivity index (χ2v) is 12.8. The first-order chi connectivity index (χ1) is 18.1. The van der Waals surface area contributed by atoms with Gasteiger partial charge in [0.15, 0.2) is 0 Å². The molecular formula is C38H37. The van der Waals surface area contributed by atoms with Crippen LogP contribution in [0, 0.1) is 6.42 Å². The Kier molecular flexibility index (Phi) is 5.84. The Bertz CT molecular complexity index is 1580. The van der Waals surface area contributed by atoms with Crippen LogP contribution in [0.4, 0.5) is 0 Å². The number of rotatable bonds is 3. The molecule has 2 aliphatic rings. The average molecular weight is 494 g/mol. The summed E-state index contributed by atoms with van der Waals surface area (Å²) >= 11 is 0. The molecule has 0 spiro atoms.